The molecule has 2 rings (SSSR count). The summed E-state index contributed by atoms with van der Waals surface area (Å²) >= 11 is 6.70. The molecule has 0 aliphatic carbocycles. The Bertz CT molecular complexity index is 1030. The maximum absolute atomic E-state index is 12.4. The minimum atomic E-state index is -0.692. The molecule has 0 spiro atoms. The number of nitro groups is 1. The number of non-ortho nitro benzene ring substituents is 1. The molecule has 0 atom stereocenters. The minimum Gasteiger partial charge on any atom is -0.479 e. The van der Waals surface area contributed by atoms with E-state index in [0.717, 1.165) is 0 Å². The molecule has 28 heavy (non-hydrogen) atoms. The quantitative estimate of drug-likeness (QED) is 0.202. The lowest BCUT2D eigenvalue weighted by Gasteiger charge is -2.09. The van der Waals surface area contributed by atoms with Gasteiger partial charge in [-0.1, -0.05) is 12.0 Å². The highest BCUT2D eigenvalue weighted by atomic mass is 79.9. The molecule has 9 heteroatoms. The first-order chi connectivity index (χ1) is 13.3. The lowest BCUT2D eigenvalue weighted by atomic mass is 10.1. The molecule has 0 saturated carbocycles. The monoisotopic (exact) mass is 503 g/mol. The molecule has 0 aromatic heterocycles. The van der Waals surface area contributed by atoms with Gasteiger partial charge in [0, 0.05) is 17.8 Å². The second-order valence-electron chi connectivity index (χ2n) is 5.24. The first-order valence-corrected chi connectivity index (χ1v) is 9.17. The van der Waals surface area contributed by atoms with Crippen LogP contribution < -0.4 is 10.1 Å². The van der Waals surface area contributed by atoms with Crippen molar-refractivity contribution in [1.82, 2.24) is 0 Å². The molecule has 2 aromatic carbocycles. The maximum atomic E-state index is 12.4. The average molecular weight is 505 g/mol. The Balaban J connectivity index is 2.27. The van der Waals surface area contributed by atoms with Gasteiger partial charge in [-0.3, -0.25) is 14.9 Å². The molecular formula is C19H11Br2N3O4. The molecule has 0 bridgehead atoms. The smallest absolute Gasteiger partial charge is 0.271 e. The fraction of sp³-hybridized carbons (Fsp3) is 0.0526. The Morgan fingerprint density at radius 3 is 2.57 bits per heavy atom. The van der Waals surface area contributed by atoms with E-state index in [1.807, 2.05) is 6.07 Å². The molecule has 1 N–H and O–H groups in total. The number of amides is 1. The number of ether oxygens (including phenoxy) is 1. The summed E-state index contributed by atoms with van der Waals surface area (Å²) in [5, 5.41) is 22.6. The van der Waals surface area contributed by atoms with Gasteiger partial charge in [-0.05, 0) is 61.7 Å². The van der Waals surface area contributed by atoms with Gasteiger partial charge in [-0.2, -0.15) is 5.26 Å². The lowest BCUT2D eigenvalue weighted by molar-refractivity contribution is -0.384. The summed E-state index contributed by atoms with van der Waals surface area (Å²) in [7, 11) is 0. The van der Waals surface area contributed by atoms with Gasteiger partial charge in [-0.15, -0.1) is 6.42 Å². The van der Waals surface area contributed by atoms with Crippen molar-refractivity contribution in [2.24, 2.45) is 0 Å². The first-order valence-electron chi connectivity index (χ1n) is 7.58. The molecular weight excluding hydrogens is 494 g/mol. The van der Waals surface area contributed by atoms with Crippen molar-refractivity contribution in [2.75, 3.05) is 11.9 Å². The summed E-state index contributed by atoms with van der Waals surface area (Å²) in [5.74, 6) is 2.16. The Labute approximate surface area is 177 Å². The summed E-state index contributed by atoms with van der Waals surface area (Å²) in [5.41, 5.74) is 0.414. The van der Waals surface area contributed by atoms with E-state index in [1.165, 1.54) is 30.3 Å². The number of carbonyl (C=O) groups excluding carboxylic acids is 1. The number of nitro benzene ring substituents is 1. The van der Waals surface area contributed by atoms with Crippen LogP contribution in [0.2, 0.25) is 0 Å². The minimum absolute atomic E-state index is 0.0848. The third-order valence-electron chi connectivity index (χ3n) is 3.31. The third kappa shape index (κ3) is 5.43. The molecule has 1 amide bonds. The summed E-state index contributed by atoms with van der Waals surface area (Å²) in [6, 6.07) is 10.6. The van der Waals surface area contributed by atoms with Gasteiger partial charge < -0.3 is 10.1 Å². The average Bonchev–Trinajstić information content (AvgIpc) is 2.65. The number of anilines is 1. The van der Waals surface area contributed by atoms with Crippen LogP contribution >= 0.6 is 31.9 Å². The highest BCUT2D eigenvalue weighted by Gasteiger charge is 2.14. The van der Waals surface area contributed by atoms with Crippen molar-refractivity contribution < 1.29 is 14.5 Å². The fourth-order valence-corrected chi connectivity index (χ4v) is 3.58. The number of nitrogens with one attached hydrogen (secondary N) is 1. The second-order valence-corrected chi connectivity index (χ2v) is 6.95. The zero-order valence-corrected chi connectivity index (χ0v) is 17.3. The number of hydrogen-bond acceptors (Lipinski definition) is 5. The van der Waals surface area contributed by atoms with E-state index in [0.29, 0.717) is 20.3 Å². The van der Waals surface area contributed by atoms with Crippen molar-refractivity contribution in [3.63, 3.8) is 0 Å². The molecule has 0 saturated heterocycles. The number of nitriles is 1. The third-order valence-corrected chi connectivity index (χ3v) is 4.49. The Kier molecular flexibility index (Phi) is 7.33. The summed E-state index contributed by atoms with van der Waals surface area (Å²) in [6.45, 7) is 0.0848. The van der Waals surface area contributed by atoms with Gasteiger partial charge in [0.15, 0.2) is 0 Å². The number of hydrogen-bond donors (Lipinski definition) is 1. The van der Waals surface area contributed by atoms with Crippen molar-refractivity contribution in [1.29, 1.82) is 5.26 Å². The van der Waals surface area contributed by atoms with Gasteiger partial charge in [0.25, 0.3) is 11.6 Å². The standard InChI is InChI=1S/C19H11Br2N3O4/c1-2-6-28-18-16(20)8-12(9-17(18)21)7-13(11-22)19(25)23-14-4-3-5-15(10-14)24(26)27/h1,3-5,7-10H,6H2,(H,23,25)/b13-7+. The van der Waals surface area contributed by atoms with Crippen molar-refractivity contribution in [3.8, 4) is 24.2 Å². The van der Waals surface area contributed by atoms with E-state index in [9.17, 15) is 20.2 Å². The van der Waals surface area contributed by atoms with Crippen molar-refractivity contribution in [2.45, 2.75) is 0 Å². The number of halogens is 2. The van der Waals surface area contributed by atoms with E-state index in [1.54, 1.807) is 12.1 Å². The maximum Gasteiger partial charge on any atom is 0.271 e. The van der Waals surface area contributed by atoms with Gasteiger partial charge in [0.2, 0.25) is 0 Å². The van der Waals surface area contributed by atoms with Crippen LogP contribution in [0, 0.1) is 33.8 Å². The van der Waals surface area contributed by atoms with E-state index in [4.69, 9.17) is 11.2 Å². The van der Waals surface area contributed by atoms with Crippen molar-refractivity contribution in [3.05, 3.63) is 66.6 Å². The highest BCUT2D eigenvalue weighted by Crippen LogP contribution is 2.35. The number of terminal acetylenes is 1. The first kappa shape index (κ1) is 21.2. The summed E-state index contributed by atoms with van der Waals surface area (Å²) in [4.78, 5) is 22.6. The number of rotatable bonds is 6. The lowest BCUT2D eigenvalue weighted by Crippen LogP contribution is -2.13. The van der Waals surface area contributed by atoms with Gasteiger partial charge >= 0.3 is 0 Å². The molecule has 0 unspecified atom stereocenters. The summed E-state index contributed by atoms with van der Waals surface area (Å²) in [6.07, 6.45) is 6.56. The largest absolute Gasteiger partial charge is 0.479 e. The highest BCUT2D eigenvalue weighted by molar-refractivity contribution is 9.11. The van der Waals surface area contributed by atoms with Crippen LogP contribution in [0.5, 0.6) is 5.75 Å². The van der Waals surface area contributed by atoms with Gasteiger partial charge in [0.1, 0.15) is 24.0 Å². The number of carbonyl (C=O) groups is 1. The zero-order chi connectivity index (χ0) is 20.7. The topological polar surface area (TPSA) is 105 Å². The Hall–Kier alpha value is -3.14. The van der Waals surface area contributed by atoms with E-state index < -0.39 is 10.8 Å². The van der Waals surface area contributed by atoms with Crippen LogP contribution in [0.1, 0.15) is 5.56 Å². The molecule has 0 aliphatic rings. The predicted octanol–water partition coefficient (Wildman–Crippen LogP) is 4.68. The van der Waals surface area contributed by atoms with Crippen LogP contribution in [0.15, 0.2) is 50.9 Å². The molecule has 2 aromatic rings. The van der Waals surface area contributed by atoms with E-state index in [2.05, 4.69) is 43.1 Å². The van der Waals surface area contributed by atoms with Crippen LogP contribution in [-0.2, 0) is 4.79 Å². The van der Waals surface area contributed by atoms with Crippen LogP contribution in [0.3, 0.4) is 0 Å². The van der Waals surface area contributed by atoms with E-state index in [-0.39, 0.29) is 23.6 Å². The zero-order valence-electron chi connectivity index (χ0n) is 14.1. The SMILES string of the molecule is C#CCOc1c(Br)cc(/C=C(\C#N)C(=O)Nc2cccc([N+](=O)[O-])c2)cc1Br. The number of nitrogens with zero attached hydrogens (tertiary/aromatic N) is 2. The van der Waals surface area contributed by atoms with Crippen LogP contribution in [-0.4, -0.2) is 17.4 Å². The Morgan fingerprint density at radius 2 is 2.00 bits per heavy atom. The molecule has 0 fully saturated rings. The van der Waals surface area contributed by atoms with Gasteiger partial charge in [-0.25, -0.2) is 0 Å². The summed E-state index contributed by atoms with van der Waals surface area (Å²) < 4.78 is 6.58. The molecule has 140 valence electrons. The molecule has 0 aliphatic heterocycles. The normalized spacial score (nSPS) is 10.5. The van der Waals surface area contributed by atoms with Crippen LogP contribution in [0.4, 0.5) is 11.4 Å². The molecule has 7 nitrogen and oxygen atoms in total. The van der Waals surface area contributed by atoms with Gasteiger partial charge in [0.05, 0.1) is 13.9 Å². The second kappa shape index (κ2) is 9.70. The molecule has 0 radical (unpaired) electrons. The predicted molar refractivity (Wildman–Crippen MR) is 111 cm³/mol. The van der Waals surface area contributed by atoms with Crippen molar-refractivity contribution >= 4 is 55.2 Å². The van der Waals surface area contributed by atoms with E-state index >= 15 is 0 Å². The fourth-order valence-electron chi connectivity index (χ4n) is 2.13. The van der Waals surface area contributed by atoms with Crippen LogP contribution in [0.25, 0.3) is 6.08 Å². The molecule has 0 heterocycles. The Morgan fingerprint density at radius 1 is 1.32 bits per heavy atom. The number of benzene rings is 2.